The Morgan fingerprint density at radius 1 is 1.40 bits per heavy atom. The summed E-state index contributed by atoms with van der Waals surface area (Å²) in [6.45, 7) is 1.65. The summed E-state index contributed by atoms with van der Waals surface area (Å²) in [6, 6.07) is 10.3. The Balaban J connectivity index is 2.09. The lowest BCUT2D eigenvalue weighted by molar-refractivity contribution is 0.0935. The number of aliphatic hydroxyl groups is 1. The predicted octanol–water partition coefficient (Wildman–Crippen LogP) is 2.11. The number of amides is 1. The summed E-state index contributed by atoms with van der Waals surface area (Å²) < 4.78 is 5.24. The lowest BCUT2D eigenvalue weighted by Gasteiger charge is -2.11. The molecule has 0 aliphatic rings. The van der Waals surface area contributed by atoms with Crippen LogP contribution in [0.1, 0.15) is 34.6 Å². The topological polar surface area (TPSA) is 62.5 Å². The first-order chi connectivity index (χ1) is 9.70. The van der Waals surface area contributed by atoms with Gasteiger partial charge in [0, 0.05) is 11.1 Å². The van der Waals surface area contributed by atoms with Crippen LogP contribution in [-0.2, 0) is 0 Å². The van der Waals surface area contributed by atoms with Gasteiger partial charge >= 0.3 is 0 Å². The summed E-state index contributed by atoms with van der Waals surface area (Å²) >= 11 is 0. The van der Waals surface area contributed by atoms with Gasteiger partial charge in [-0.2, -0.15) is 0 Å². The lowest BCUT2D eigenvalue weighted by atomic mass is 10.1. The van der Waals surface area contributed by atoms with Gasteiger partial charge in [0.1, 0.15) is 12.4 Å². The average molecular weight is 269 g/mol. The highest BCUT2D eigenvalue weighted by Gasteiger charge is 2.13. The van der Waals surface area contributed by atoms with Crippen LogP contribution in [-0.4, -0.2) is 17.6 Å². The highest BCUT2D eigenvalue weighted by molar-refractivity contribution is 5.94. The van der Waals surface area contributed by atoms with Crippen LogP contribution in [0.2, 0.25) is 0 Å². The largest absolute Gasteiger partial charge is 0.467 e. The van der Waals surface area contributed by atoms with E-state index in [1.807, 2.05) is 13.0 Å². The van der Waals surface area contributed by atoms with E-state index in [-0.39, 0.29) is 18.6 Å². The third-order valence-electron chi connectivity index (χ3n) is 2.75. The van der Waals surface area contributed by atoms with E-state index in [1.165, 1.54) is 0 Å². The van der Waals surface area contributed by atoms with Crippen LogP contribution >= 0.6 is 0 Å². The Morgan fingerprint density at radius 2 is 2.25 bits per heavy atom. The number of carbonyl (C=O) groups is 1. The van der Waals surface area contributed by atoms with Crippen molar-refractivity contribution in [1.82, 2.24) is 5.32 Å². The van der Waals surface area contributed by atoms with Crippen LogP contribution in [0.4, 0.5) is 0 Å². The molecule has 0 fully saturated rings. The molecule has 0 bridgehead atoms. The SMILES string of the molecule is CC(NC(=O)c1cccc(C#CCO)c1)c1ccco1. The predicted molar refractivity (Wildman–Crippen MR) is 75.0 cm³/mol. The van der Waals surface area contributed by atoms with E-state index < -0.39 is 0 Å². The van der Waals surface area contributed by atoms with Crippen molar-refractivity contribution < 1.29 is 14.3 Å². The van der Waals surface area contributed by atoms with Gasteiger partial charge < -0.3 is 14.8 Å². The maximum absolute atomic E-state index is 12.1. The van der Waals surface area contributed by atoms with E-state index in [4.69, 9.17) is 9.52 Å². The first-order valence-corrected chi connectivity index (χ1v) is 6.25. The first kappa shape index (κ1) is 13.9. The lowest BCUT2D eigenvalue weighted by Crippen LogP contribution is -2.26. The van der Waals surface area contributed by atoms with Crippen molar-refractivity contribution >= 4 is 5.91 Å². The van der Waals surface area contributed by atoms with Gasteiger partial charge in [-0.15, -0.1) is 0 Å². The molecule has 1 atom stereocenters. The minimum atomic E-state index is -0.204. The Bertz CT molecular complexity index is 635. The molecule has 1 aromatic carbocycles. The number of carbonyl (C=O) groups excluding carboxylic acids is 1. The number of nitrogens with one attached hydrogen (secondary N) is 1. The van der Waals surface area contributed by atoms with Crippen molar-refractivity contribution in [3.8, 4) is 11.8 Å². The smallest absolute Gasteiger partial charge is 0.251 e. The Kier molecular flexibility index (Phi) is 4.59. The minimum absolute atomic E-state index is 0.193. The van der Waals surface area contributed by atoms with Crippen LogP contribution < -0.4 is 5.32 Å². The summed E-state index contributed by atoms with van der Waals surface area (Å²) in [5, 5.41) is 11.5. The van der Waals surface area contributed by atoms with Crippen LogP contribution in [0.15, 0.2) is 47.1 Å². The van der Waals surface area contributed by atoms with Gasteiger partial charge in [-0.3, -0.25) is 4.79 Å². The number of hydrogen-bond acceptors (Lipinski definition) is 3. The molecule has 2 aromatic rings. The summed E-state index contributed by atoms with van der Waals surface area (Å²) in [5.74, 6) is 5.83. The maximum Gasteiger partial charge on any atom is 0.251 e. The minimum Gasteiger partial charge on any atom is -0.467 e. The molecule has 1 heterocycles. The zero-order valence-electron chi connectivity index (χ0n) is 11.1. The van der Waals surface area contributed by atoms with Crippen molar-refractivity contribution in [2.24, 2.45) is 0 Å². The van der Waals surface area contributed by atoms with E-state index >= 15 is 0 Å². The van der Waals surface area contributed by atoms with Crippen molar-refractivity contribution in [3.63, 3.8) is 0 Å². The van der Waals surface area contributed by atoms with Gasteiger partial charge in [-0.25, -0.2) is 0 Å². The third kappa shape index (κ3) is 3.50. The second kappa shape index (κ2) is 6.60. The molecule has 20 heavy (non-hydrogen) atoms. The monoisotopic (exact) mass is 269 g/mol. The van der Waals surface area contributed by atoms with E-state index in [0.29, 0.717) is 16.9 Å². The molecule has 1 amide bonds. The molecule has 0 aliphatic heterocycles. The van der Waals surface area contributed by atoms with E-state index in [0.717, 1.165) is 0 Å². The molecular formula is C16H15NO3. The van der Waals surface area contributed by atoms with Gasteiger partial charge in [0.15, 0.2) is 0 Å². The quantitative estimate of drug-likeness (QED) is 0.839. The summed E-state index contributed by atoms with van der Waals surface area (Å²) in [6.07, 6.45) is 1.57. The number of hydrogen-bond donors (Lipinski definition) is 2. The number of aliphatic hydroxyl groups excluding tert-OH is 1. The molecule has 0 saturated heterocycles. The van der Waals surface area contributed by atoms with Gasteiger partial charge in [-0.1, -0.05) is 17.9 Å². The number of benzene rings is 1. The molecule has 4 heteroatoms. The second-order valence-corrected chi connectivity index (χ2v) is 4.25. The fourth-order valence-electron chi connectivity index (χ4n) is 1.77. The van der Waals surface area contributed by atoms with Gasteiger partial charge in [0.05, 0.1) is 12.3 Å². The molecule has 0 saturated carbocycles. The molecule has 2 N–H and O–H groups in total. The molecule has 1 unspecified atom stereocenters. The highest BCUT2D eigenvalue weighted by Crippen LogP contribution is 2.13. The Hall–Kier alpha value is -2.51. The molecule has 102 valence electrons. The number of furan rings is 1. The Labute approximate surface area is 117 Å². The fourth-order valence-corrected chi connectivity index (χ4v) is 1.77. The molecule has 0 spiro atoms. The van der Waals surface area contributed by atoms with Gasteiger partial charge in [0.25, 0.3) is 5.91 Å². The average Bonchev–Trinajstić information content (AvgIpc) is 2.99. The van der Waals surface area contributed by atoms with Crippen molar-refractivity contribution in [2.45, 2.75) is 13.0 Å². The third-order valence-corrected chi connectivity index (χ3v) is 2.75. The van der Waals surface area contributed by atoms with Crippen molar-refractivity contribution in [3.05, 3.63) is 59.5 Å². The number of rotatable bonds is 3. The van der Waals surface area contributed by atoms with E-state index in [1.54, 1.807) is 36.6 Å². The van der Waals surface area contributed by atoms with Crippen molar-refractivity contribution in [2.75, 3.05) is 6.61 Å². The molecule has 0 radical (unpaired) electrons. The highest BCUT2D eigenvalue weighted by atomic mass is 16.3. The van der Waals surface area contributed by atoms with Gasteiger partial charge in [0.2, 0.25) is 0 Å². The Morgan fingerprint density at radius 3 is 2.95 bits per heavy atom. The molecule has 2 rings (SSSR count). The molecule has 4 nitrogen and oxygen atoms in total. The maximum atomic E-state index is 12.1. The molecule has 1 aromatic heterocycles. The van der Waals surface area contributed by atoms with Crippen LogP contribution in [0.3, 0.4) is 0 Å². The zero-order chi connectivity index (χ0) is 14.4. The first-order valence-electron chi connectivity index (χ1n) is 6.25. The van der Waals surface area contributed by atoms with Crippen molar-refractivity contribution in [1.29, 1.82) is 0 Å². The van der Waals surface area contributed by atoms with Gasteiger partial charge in [-0.05, 0) is 37.3 Å². The molecule has 0 aliphatic carbocycles. The fraction of sp³-hybridized carbons (Fsp3) is 0.188. The van der Waals surface area contributed by atoms with E-state index in [9.17, 15) is 4.79 Å². The normalized spacial score (nSPS) is 11.3. The van der Waals surface area contributed by atoms with Crippen LogP contribution in [0.5, 0.6) is 0 Å². The van der Waals surface area contributed by atoms with E-state index in [2.05, 4.69) is 17.2 Å². The summed E-state index contributed by atoms with van der Waals surface area (Å²) in [5.41, 5.74) is 1.21. The van der Waals surface area contributed by atoms with Crippen LogP contribution in [0.25, 0.3) is 0 Å². The summed E-state index contributed by atoms with van der Waals surface area (Å²) in [7, 11) is 0. The zero-order valence-corrected chi connectivity index (χ0v) is 11.1. The van der Waals surface area contributed by atoms with Crippen LogP contribution in [0, 0.1) is 11.8 Å². The summed E-state index contributed by atoms with van der Waals surface area (Å²) in [4.78, 5) is 12.1. The molecular weight excluding hydrogens is 254 g/mol. The standard InChI is InChI=1S/C16H15NO3/c1-12(15-8-4-10-20-15)17-16(19)14-7-2-5-13(11-14)6-3-9-18/h2,4-5,7-8,10-12,18H,9H2,1H3,(H,17,19). The second-order valence-electron chi connectivity index (χ2n) is 4.25.